The van der Waals surface area contributed by atoms with Crippen molar-refractivity contribution in [3.05, 3.63) is 28.8 Å². The summed E-state index contributed by atoms with van der Waals surface area (Å²) in [7, 11) is 0. The molecule has 1 unspecified atom stereocenters. The zero-order valence-electron chi connectivity index (χ0n) is 9.82. The highest BCUT2D eigenvalue weighted by Crippen LogP contribution is 2.37. The van der Waals surface area contributed by atoms with E-state index in [0.29, 0.717) is 18.0 Å². The number of halogens is 2. The molecule has 0 saturated heterocycles. The first-order valence-corrected chi connectivity index (χ1v) is 6.98. The maximum absolute atomic E-state index is 11.6. The van der Waals surface area contributed by atoms with E-state index in [1.807, 2.05) is 18.2 Å². The van der Waals surface area contributed by atoms with Crippen LogP contribution in [0.4, 0.5) is 0 Å². The monoisotopic (exact) mass is 306 g/mol. The summed E-state index contributed by atoms with van der Waals surface area (Å²) in [6.45, 7) is 0.385. The first-order valence-electron chi connectivity index (χ1n) is 5.62. The van der Waals surface area contributed by atoms with Crippen molar-refractivity contribution in [3.8, 4) is 0 Å². The third-order valence-electron chi connectivity index (χ3n) is 2.72. The fourth-order valence-electron chi connectivity index (χ4n) is 1.91. The lowest BCUT2D eigenvalue weighted by atomic mass is 10.0. The van der Waals surface area contributed by atoms with Crippen LogP contribution in [-0.2, 0) is 4.79 Å². The van der Waals surface area contributed by atoms with Gasteiger partial charge < -0.3 is 11.1 Å². The number of carbonyl (C=O) groups excluding carboxylic acids is 1. The number of hydrogen-bond acceptors (Lipinski definition) is 3. The zero-order valence-corrected chi connectivity index (χ0v) is 12.2. The highest BCUT2D eigenvalue weighted by atomic mass is 35.5. The molecule has 2 rings (SSSR count). The minimum Gasteiger partial charge on any atom is -0.349 e. The molecule has 0 bridgehead atoms. The van der Waals surface area contributed by atoms with Crippen LogP contribution < -0.4 is 11.1 Å². The number of thioether (sulfide) groups is 1. The number of amides is 1. The third kappa shape index (κ3) is 3.79. The molecule has 1 amide bonds. The second-order valence-electron chi connectivity index (χ2n) is 3.98. The highest BCUT2D eigenvalue weighted by Gasteiger charge is 2.22. The van der Waals surface area contributed by atoms with Gasteiger partial charge in [-0.15, -0.1) is 24.2 Å². The molecule has 3 N–H and O–H groups in total. The fourth-order valence-corrected chi connectivity index (χ4v) is 3.20. The minimum atomic E-state index is 0. The Balaban J connectivity index is 0.00000162. The maximum Gasteiger partial charge on any atom is 0.221 e. The van der Waals surface area contributed by atoms with E-state index >= 15 is 0 Å². The molecule has 18 heavy (non-hydrogen) atoms. The SMILES string of the molecule is Cl.NCCC(=O)NC1CCSc2ccc(Cl)cc21. The van der Waals surface area contributed by atoms with E-state index in [9.17, 15) is 4.79 Å². The van der Waals surface area contributed by atoms with Crippen molar-refractivity contribution in [2.45, 2.75) is 23.8 Å². The minimum absolute atomic E-state index is 0. The van der Waals surface area contributed by atoms with Crippen molar-refractivity contribution in [1.82, 2.24) is 5.32 Å². The van der Waals surface area contributed by atoms with Crippen LogP contribution in [0.1, 0.15) is 24.4 Å². The number of rotatable bonds is 3. The molecule has 0 radical (unpaired) electrons. The molecular formula is C12H16Cl2N2OS. The summed E-state index contributed by atoms with van der Waals surface area (Å²) in [6, 6.07) is 5.92. The quantitative estimate of drug-likeness (QED) is 0.903. The van der Waals surface area contributed by atoms with Crippen molar-refractivity contribution in [1.29, 1.82) is 0 Å². The molecule has 0 spiro atoms. The van der Waals surface area contributed by atoms with Gasteiger partial charge in [-0.3, -0.25) is 4.79 Å². The maximum atomic E-state index is 11.6. The molecule has 0 fully saturated rings. The summed E-state index contributed by atoms with van der Waals surface area (Å²) in [5, 5.41) is 3.72. The fraction of sp³-hybridized carbons (Fsp3) is 0.417. The van der Waals surface area contributed by atoms with Crippen LogP contribution in [-0.4, -0.2) is 18.2 Å². The number of carbonyl (C=O) groups is 1. The van der Waals surface area contributed by atoms with Crippen LogP contribution in [0.2, 0.25) is 5.02 Å². The van der Waals surface area contributed by atoms with Gasteiger partial charge in [0, 0.05) is 28.6 Å². The summed E-state index contributed by atoms with van der Waals surface area (Å²) in [6.07, 6.45) is 1.31. The molecule has 1 heterocycles. The average molecular weight is 307 g/mol. The van der Waals surface area contributed by atoms with Gasteiger partial charge in [0.15, 0.2) is 0 Å². The second-order valence-corrected chi connectivity index (χ2v) is 5.55. The molecule has 1 aromatic rings. The van der Waals surface area contributed by atoms with E-state index in [4.69, 9.17) is 17.3 Å². The molecule has 1 aromatic carbocycles. The van der Waals surface area contributed by atoms with E-state index in [1.54, 1.807) is 11.8 Å². The summed E-state index contributed by atoms with van der Waals surface area (Å²) in [5.41, 5.74) is 6.49. The Labute approximate surface area is 122 Å². The third-order valence-corrected chi connectivity index (χ3v) is 4.08. The molecule has 1 aliphatic rings. The van der Waals surface area contributed by atoms with Crippen molar-refractivity contribution in [2.75, 3.05) is 12.3 Å². The molecule has 1 atom stereocenters. The molecule has 0 aliphatic carbocycles. The lowest BCUT2D eigenvalue weighted by Crippen LogP contribution is -2.31. The van der Waals surface area contributed by atoms with Crippen molar-refractivity contribution < 1.29 is 4.79 Å². The zero-order chi connectivity index (χ0) is 12.3. The van der Waals surface area contributed by atoms with Gasteiger partial charge in [-0.05, 0) is 30.2 Å². The van der Waals surface area contributed by atoms with E-state index in [-0.39, 0.29) is 24.4 Å². The Morgan fingerprint density at radius 3 is 3.06 bits per heavy atom. The number of nitrogens with one attached hydrogen (secondary N) is 1. The van der Waals surface area contributed by atoms with Gasteiger partial charge in [0.2, 0.25) is 5.91 Å². The summed E-state index contributed by atoms with van der Waals surface area (Å²) >= 11 is 7.80. The normalized spacial score (nSPS) is 17.6. The van der Waals surface area contributed by atoms with Gasteiger partial charge in [-0.25, -0.2) is 0 Å². The van der Waals surface area contributed by atoms with Crippen LogP contribution in [0, 0.1) is 0 Å². The smallest absolute Gasteiger partial charge is 0.221 e. The molecule has 0 aromatic heterocycles. The first kappa shape index (κ1) is 15.6. The molecule has 100 valence electrons. The molecular weight excluding hydrogens is 291 g/mol. The first-order chi connectivity index (χ1) is 8.20. The Hall–Kier alpha value is -0.420. The largest absolute Gasteiger partial charge is 0.349 e. The molecule has 0 saturated carbocycles. The average Bonchev–Trinajstić information content (AvgIpc) is 2.30. The van der Waals surface area contributed by atoms with Crippen molar-refractivity contribution >= 4 is 41.7 Å². The van der Waals surface area contributed by atoms with Crippen LogP contribution in [0.5, 0.6) is 0 Å². The van der Waals surface area contributed by atoms with E-state index < -0.39 is 0 Å². The number of fused-ring (bicyclic) bond motifs is 1. The van der Waals surface area contributed by atoms with Gasteiger partial charge in [0.1, 0.15) is 0 Å². The van der Waals surface area contributed by atoms with Crippen LogP contribution in [0.15, 0.2) is 23.1 Å². The standard InChI is InChI=1S/C12H15ClN2OS.ClH/c13-8-1-2-11-9(7-8)10(4-6-17-11)15-12(16)3-5-14;/h1-2,7,10H,3-6,14H2,(H,15,16);1H. The van der Waals surface area contributed by atoms with Crippen LogP contribution >= 0.6 is 35.8 Å². The van der Waals surface area contributed by atoms with E-state index in [1.165, 1.54) is 4.90 Å². The lowest BCUT2D eigenvalue weighted by Gasteiger charge is -2.26. The van der Waals surface area contributed by atoms with Gasteiger partial charge in [0.25, 0.3) is 0 Å². The van der Waals surface area contributed by atoms with Gasteiger partial charge in [-0.2, -0.15) is 0 Å². The van der Waals surface area contributed by atoms with Gasteiger partial charge in [0.05, 0.1) is 6.04 Å². The van der Waals surface area contributed by atoms with Gasteiger partial charge >= 0.3 is 0 Å². The van der Waals surface area contributed by atoms with Gasteiger partial charge in [-0.1, -0.05) is 11.6 Å². The number of benzene rings is 1. The molecule has 6 heteroatoms. The van der Waals surface area contributed by atoms with Crippen LogP contribution in [0.3, 0.4) is 0 Å². The number of nitrogens with two attached hydrogens (primary N) is 1. The van der Waals surface area contributed by atoms with E-state index in [0.717, 1.165) is 17.7 Å². The predicted molar refractivity (Wildman–Crippen MR) is 78.6 cm³/mol. The lowest BCUT2D eigenvalue weighted by molar-refractivity contribution is -0.121. The Bertz CT molecular complexity index is 429. The van der Waals surface area contributed by atoms with E-state index in [2.05, 4.69) is 5.32 Å². The summed E-state index contributed by atoms with van der Waals surface area (Å²) in [4.78, 5) is 12.8. The Morgan fingerprint density at radius 2 is 2.33 bits per heavy atom. The Kier molecular flexibility index (Phi) is 6.29. The molecule has 3 nitrogen and oxygen atoms in total. The number of hydrogen-bond donors (Lipinski definition) is 2. The topological polar surface area (TPSA) is 55.1 Å². The second kappa shape index (κ2) is 7.24. The Morgan fingerprint density at radius 1 is 1.56 bits per heavy atom. The van der Waals surface area contributed by atoms with Crippen molar-refractivity contribution in [3.63, 3.8) is 0 Å². The van der Waals surface area contributed by atoms with Crippen LogP contribution in [0.25, 0.3) is 0 Å². The predicted octanol–water partition coefficient (Wildman–Crippen LogP) is 2.76. The summed E-state index contributed by atoms with van der Waals surface area (Å²) in [5.74, 6) is 1.03. The summed E-state index contributed by atoms with van der Waals surface area (Å²) < 4.78 is 0. The molecule has 1 aliphatic heterocycles. The van der Waals surface area contributed by atoms with Crippen molar-refractivity contribution in [2.24, 2.45) is 5.73 Å². The highest BCUT2D eigenvalue weighted by molar-refractivity contribution is 7.99.